The zero-order chi connectivity index (χ0) is 10.3. The predicted molar refractivity (Wildman–Crippen MR) is 63.2 cm³/mol. The van der Waals surface area contributed by atoms with Crippen molar-refractivity contribution in [2.75, 3.05) is 11.9 Å². The molecule has 2 N–H and O–H groups in total. The first-order valence-electron chi connectivity index (χ1n) is 5.93. The van der Waals surface area contributed by atoms with Crippen LogP contribution in [0.25, 0.3) is 0 Å². The summed E-state index contributed by atoms with van der Waals surface area (Å²) in [7, 11) is 0. The maximum Gasteiger partial charge on any atom is 0.0391 e. The molecule has 15 heavy (non-hydrogen) atoms. The van der Waals surface area contributed by atoms with Crippen LogP contribution in [0.5, 0.6) is 0 Å². The summed E-state index contributed by atoms with van der Waals surface area (Å²) in [5.74, 6) is 0. The predicted octanol–water partition coefficient (Wildman–Crippen LogP) is 2.60. The summed E-state index contributed by atoms with van der Waals surface area (Å²) >= 11 is 0. The van der Waals surface area contributed by atoms with Gasteiger partial charge in [-0.25, -0.2) is 0 Å². The molecule has 1 aromatic carbocycles. The summed E-state index contributed by atoms with van der Waals surface area (Å²) in [4.78, 5) is 0. The summed E-state index contributed by atoms with van der Waals surface area (Å²) in [6.45, 7) is 3.25. The van der Waals surface area contributed by atoms with Crippen LogP contribution in [-0.2, 0) is 0 Å². The third-order valence-electron chi connectivity index (χ3n) is 3.35. The molecule has 3 rings (SSSR count). The quantitative estimate of drug-likeness (QED) is 0.770. The molecule has 1 aromatic rings. The highest BCUT2D eigenvalue weighted by molar-refractivity contribution is 5.56. The van der Waals surface area contributed by atoms with Crippen molar-refractivity contribution in [2.45, 2.75) is 38.3 Å². The lowest BCUT2D eigenvalue weighted by Crippen LogP contribution is -2.29. The minimum absolute atomic E-state index is 0.578. The van der Waals surface area contributed by atoms with Crippen molar-refractivity contribution in [2.24, 2.45) is 0 Å². The zero-order valence-corrected chi connectivity index (χ0v) is 9.22. The average molecular weight is 202 g/mol. The van der Waals surface area contributed by atoms with E-state index in [-0.39, 0.29) is 0 Å². The smallest absolute Gasteiger partial charge is 0.0391 e. The SMILES string of the molecule is Cc1ccc2c(c1)NCCC2NC1CC1. The lowest BCUT2D eigenvalue weighted by Gasteiger charge is -2.28. The minimum atomic E-state index is 0.578. The van der Waals surface area contributed by atoms with E-state index in [0.717, 1.165) is 12.6 Å². The van der Waals surface area contributed by atoms with Crippen LogP contribution in [0.1, 0.15) is 36.4 Å². The monoisotopic (exact) mass is 202 g/mol. The Morgan fingerprint density at radius 3 is 2.93 bits per heavy atom. The van der Waals surface area contributed by atoms with Crippen LogP contribution in [0.2, 0.25) is 0 Å². The fourth-order valence-electron chi connectivity index (χ4n) is 2.34. The van der Waals surface area contributed by atoms with E-state index >= 15 is 0 Å². The lowest BCUT2D eigenvalue weighted by atomic mass is 9.96. The van der Waals surface area contributed by atoms with Crippen molar-refractivity contribution in [3.63, 3.8) is 0 Å². The molecule has 1 aliphatic heterocycles. The molecule has 80 valence electrons. The third kappa shape index (κ3) is 1.86. The Labute approximate surface area is 91.1 Å². The zero-order valence-electron chi connectivity index (χ0n) is 9.22. The Morgan fingerprint density at radius 2 is 2.13 bits per heavy atom. The standard InChI is InChI=1S/C13H18N2/c1-9-2-5-11-12(15-10-3-4-10)6-7-14-13(11)8-9/h2,5,8,10,12,14-15H,3-4,6-7H2,1H3. The van der Waals surface area contributed by atoms with Gasteiger partial charge >= 0.3 is 0 Å². The number of hydrogen-bond donors (Lipinski definition) is 2. The molecule has 1 fully saturated rings. The van der Waals surface area contributed by atoms with Crippen LogP contribution >= 0.6 is 0 Å². The van der Waals surface area contributed by atoms with Crippen molar-refractivity contribution in [1.29, 1.82) is 0 Å². The van der Waals surface area contributed by atoms with Gasteiger partial charge in [0.25, 0.3) is 0 Å². The maximum absolute atomic E-state index is 3.73. The molecule has 1 aliphatic carbocycles. The van der Waals surface area contributed by atoms with Gasteiger partial charge in [-0.3, -0.25) is 0 Å². The maximum atomic E-state index is 3.73. The first-order chi connectivity index (χ1) is 7.33. The van der Waals surface area contributed by atoms with Gasteiger partial charge in [0.2, 0.25) is 0 Å². The van der Waals surface area contributed by atoms with Crippen LogP contribution < -0.4 is 10.6 Å². The van der Waals surface area contributed by atoms with Crippen LogP contribution in [0.4, 0.5) is 5.69 Å². The van der Waals surface area contributed by atoms with E-state index in [1.54, 1.807) is 0 Å². The topological polar surface area (TPSA) is 24.1 Å². The lowest BCUT2D eigenvalue weighted by molar-refractivity contribution is 0.498. The minimum Gasteiger partial charge on any atom is -0.385 e. The molecule has 1 heterocycles. The molecule has 0 bridgehead atoms. The van der Waals surface area contributed by atoms with E-state index in [1.807, 2.05) is 0 Å². The third-order valence-corrected chi connectivity index (χ3v) is 3.35. The Hall–Kier alpha value is -1.02. The summed E-state index contributed by atoms with van der Waals surface area (Å²) in [5.41, 5.74) is 4.13. The fraction of sp³-hybridized carbons (Fsp3) is 0.538. The Bertz CT molecular complexity index is 369. The number of fused-ring (bicyclic) bond motifs is 1. The molecule has 0 saturated heterocycles. The van der Waals surface area contributed by atoms with Crippen LogP contribution in [-0.4, -0.2) is 12.6 Å². The van der Waals surface area contributed by atoms with Crippen LogP contribution in [0, 0.1) is 6.92 Å². The summed E-state index contributed by atoms with van der Waals surface area (Å²) in [6, 6.07) is 8.12. The van der Waals surface area contributed by atoms with Gasteiger partial charge in [0.1, 0.15) is 0 Å². The van der Waals surface area contributed by atoms with Gasteiger partial charge in [-0.2, -0.15) is 0 Å². The molecule has 2 nitrogen and oxygen atoms in total. The molecule has 2 heteroatoms. The van der Waals surface area contributed by atoms with Crippen molar-refractivity contribution >= 4 is 5.69 Å². The van der Waals surface area contributed by atoms with Gasteiger partial charge < -0.3 is 10.6 Å². The molecule has 1 saturated carbocycles. The van der Waals surface area contributed by atoms with E-state index in [4.69, 9.17) is 0 Å². The summed E-state index contributed by atoms with van der Waals surface area (Å²) < 4.78 is 0. The average Bonchev–Trinajstić information content (AvgIpc) is 3.01. The molecule has 0 aromatic heterocycles. The highest BCUT2D eigenvalue weighted by atomic mass is 15.0. The van der Waals surface area contributed by atoms with E-state index in [9.17, 15) is 0 Å². The first kappa shape index (κ1) is 9.22. The fourth-order valence-corrected chi connectivity index (χ4v) is 2.34. The number of hydrogen-bond acceptors (Lipinski definition) is 2. The second kappa shape index (κ2) is 3.53. The largest absolute Gasteiger partial charge is 0.385 e. The van der Waals surface area contributed by atoms with Gasteiger partial charge in [-0.05, 0) is 43.4 Å². The number of rotatable bonds is 2. The molecular formula is C13H18N2. The van der Waals surface area contributed by atoms with Gasteiger partial charge in [-0.15, -0.1) is 0 Å². The molecule has 1 unspecified atom stereocenters. The molecule has 2 aliphatic rings. The van der Waals surface area contributed by atoms with Crippen molar-refractivity contribution in [1.82, 2.24) is 5.32 Å². The molecular weight excluding hydrogens is 184 g/mol. The Balaban J connectivity index is 1.87. The normalized spacial score (nSPS) is 24.5. The second-order valence-electron chi connectivity index (χ2n) is 4.80. The van der Waals surface area contributed by atoms with Gasteiger partial charge in [-0.1, -0.05) is 12.1 Å². The number of aryl methyl sites for hydroxylation is 1. The molecule has 0 spiro atoms. The van der Waals surface area contributed by atoms with Crippen molar-refractivity contribution in [3.8, 4) is 0 Å². The van der Waals surface area contributed by atoms with E-state index in [0.29, 0.717) is 6.04 Å². The number of nitrogens with one attached hydrogen (secondary N) is 2. The Morgan fingerprint density at radius 1 is 1.27 bits per heavy atom. The van der Waals surface area contributed by atoms with E-state index in [2.05, 4.69) is 35.8 Å². The number of benzene rings is 1. The van der Waals surface area contributed by atoms with E-state index < -0.39 is 0 Å². The first-order valence-corrected chi connectivity index (χ1v) is 5.93. The summed E-state index contributed by atoms with van der Waals surface area (Å²) in [5, 5.41) is 7.22. The molecule has 0 amide bonds. The molecule has 0 radical (unpaired) electrons. The van der Waals surface area contributed by atoms with Crippen molar-refractivity contribution in [3.05, 3.63) is 29.3 Å². The van der Waals surface area contributed by atoms with Crippen molar-refractivity contribution < 1.29 is 0 Å². The van der Waals surface area contributed by atoms with Gasteiger partial charge in [0, 0.05) is 24.3 Å². The van der Waals surface area contributed by atoms with Gasteiger partial charge in [0.05, 0.1) is 0 Å². The molecule has 1 atom stereocenters. The second-order valence-corrected chi connectivity index (χ2v) is 4.80. The highest BCUT2D eigenvalue weighted by Crippen LogP contribution is 2.33. The Kier molecular flexibility index (Phi) is 2.17. The highest BCUT2D eigenvalue weighted by Gasteiger charge is 2.27. The van der Waals surface area contributed by atoms with Gasteiger partial charge in [0.15, 0.2) is 0 Å². The van der Waals surface area contributed by atoms with E-state index in [1.165, 1.54) is 36.1 Å². The summed E-state index contributed by atoms with van der Waals surface area (Å²) in [6.07, 6.45) is 3.95. The van der Waals surface area contributed by atoms with Crippen LogP contribution in [0.15, 0.2) is 18.2 Å². The van der Waals surface area contributed by atoms with Crippen LogP contribution in [0.3, 0.4) is 0 Å². The number of anilines is 1.